The van der Waals surface area contributed by atoms with E-state index in [1.807, 2.05) is 0 Å². The second-order valence-corrected chi connectivity index (χ2v) is 5.76. The summed E-state index contributed by atoms with van der Waals surface area (Å²) in [6.07, 6.45) is 3.63. The quantitative estimate of drug-likeness (QED) is 0.873. The van der Waals surface area contributed by atoms with Gasteiger partial charge in [0.05, 0.1) is 0 Å². The molecule has 1 N–H and O–H groups in total. The molecule has 1 amide bonds. The zero-order chi connectivity index (χ0) is 13.7. The first-order chi connectivity index (χ1) is 9.65. The van der Waals surface area contributed by atoms with Crippen molar-refractivity contribution in [3.05, 3.63) is 27.9 Å². The first kappa shape index (κ1) is 11.7. The molecule has 1 saturated heterocycles. The van der Waals surface area contributed by atoms with Gasteiger partial charge in [-0.25, -0.2) is 4.98 Å². The van der Waals surface area contributed by atoms with Gasteiger partial charge in [0.1, 0.15) is 11.5 Å². The molecule has 3 heterocycles. The predicted octanol–water partition coefficient (Wildman–Crippen LogP) is 1.05. The molecule has 104 valence electrons. The Bertz CT molecular complexity index is 645. The molecule has 2 fully saturated rings. The van der Waals surface area contributed by atoms with E-state index in [-0.39, 0.29) is 22.8 Å². The summed E-state index contributed by atoms with van der Waals surface area (Å²) in [6.45, 7) is 1.25. The van der Waals surface area contributed by atoms with Crippen LogP contribution in [0.1, 0.15) is 47.9 Å². The van der Waals surface area contributed by atoms with Gasteiger partial charge in [0.25, 0.3) is 11.5 Å². The summed E-state index contributed by atoms with van der Waals surface area (Å²) in [7, 11) is 0. The number of hydrogen-bond donors (Lipinski definition) is 1. The number of nitrogens with zero attached hydrogens (tertiary/aromatic N) is 4. The molecule has 7 nitrogen and oxygen atoms in total. The number of H-pyrrole nitrogens is 1. The maximum atomic E-state index is 12.4. The molecule has 7 heteroatoms. The molecule has 0 bridgehead atoms. The lowest BCUT2D eigenvalue weighted by Gasteiger charge is -2.29. The van der Waals surface area contributed by atoms with Gasteiger partial charge in [-0.1, -0.05) is 0 Å². The largest absolute Gasteiger partial charge is 0.337 e. The smallest absolute Gasteiger partial charge is 0.272 e. The van der Waals surface area contributed by atoms with Crippen molar-refractivity contribution in [3.8, 4) is 0 Å². The molecule has 1 spiro atoms. The van der Waals surface area contributed by atoms with Crippen LogP contribution in [0.3, 0.4) is 0 Å². The lowest BCUT2D eigenvalue weighted by atomic mass is 10.0. The number of hydrogen-bond acceptors (Lipinski definition) is 5. The van der Waals surface area contributed by atoms with Crippen LogP contribution in [0.2, 0.25) is 0 Å². The highest BCUT2D eigenvalue weighted by molar-refractivity contribution is 5.92. The van der Waals surface area contributed by atoms with E-state index in [4.69, 9.17) is 0 Å². The van der Waals surface area contributed by atoms with Gasteiger partial charge in [0, 0.05) is 37.9 Å². The Morgan fingerprint density at radius 1 is 1.30 bits per heavy atom. The Morgan fingerprint density at radius 3 is 2.60 bits per heavy atom. The van der Waals surface area contributed by atoms with Gasteiger partial charge in [0.2, 0.25) is 0 Å². The second kappa shape index (κ2) is 3.97. The van der Waals surface area contributed by atoms with E-state index in [2.05, 4.69) is 20.2 Å². The fraction of sp³-hybridized carbons (Fsp3) is 0.615. The minimum absolute atomic E-state index is 0.159. The first-order valence-electron chi connectivity index (χ1n) is 7.00. The Kier molecular flexibility index (Phi) is 2.33. The molecule has 1 aromatic heterocycles. The number of amides is 1. The number of piperidine rings is 1. The number of aromatic amines is 1. The number of carbonyl (C=O) groups excluding carboxylic acids is 1. The Balaban J connectivity index is 1.54. The van der Waals surface area contributed by atoms with Crippen LogP contribution in [-0.4, -0.2) is 39.5 Å². The third-order valence-corrected chi connectivity index (χ3v) is 4.18. The van der Waals surface area contributed by atoms with Gasteiger partial charge in [0.15, 0.2) is 5.66 Å². The molecule has 2 aliphatic heterocycles. The van der Waals surface area contributed by atoms with Crippen LogP contribution in [0, 0.1) is 0 Å². The minimum atomic E-state index is -0.245. The van der Waals surface area contributed by atoms with Crippen molar-refractivity contribution in [2.45, 2.75) is 37.3 Å². The molecular formula is C13H15N5O2. The topological polar surface area (TPSA) is 90.8 Å². The summed E-state index contributed by atoms with van der Waals surface area (Å²) < 4.78 is 0. The standard InChI is InChI=1S/C13H15N5O2/c19-10-7-9(14-11(15-10)8-1-2-8)12(20)18-5-3-13(4-6-18)16-17-13/h7-8H,1-6H2,(H,14,15,19). The molecule has 1 saturated carbocycles. The van der Waals surface area contributed by atoms with Gasteiger partial charge in [-0.3, -0.25) is 9.59 Å². The maximum absolute atomic E-state index is 12.4. The Hall–Kier alpha value is -2.05. The number of aromatic nitrogens is 2. The van der Waals surface area contributed by atoms with Crippen LogP contribution in [-0.2, 0) is 0 Å². The van der Waals surface area contributed by atoms with Gasteiger partial charge < -0.3 is 9.88 Å². The molecule has 1 aromatic rings. The van der Waals surface area contributed by atoms with Gasteiger partial charge in [-0.05, 0) is 12.8 Å². The summed E-state index contributed by atoms with van der Waals surface area (Å²) in [5, 5.41) is 8.07. The van der Waals surface area contributed by atoms with E-state index >= 15 is 0 Å². The summed E-state index contributed by atoms with van der Waals surface area (Å²) in [4.78, 5) is 32.9. The Labute approximate surface area is 115 Å². The van der Waals surface area contributed by atoms with Crippen molar-refractivity contribution in [2.24, 2.45) is 10.2 Å². The summed E-state index contributed by atoms with van der Waals surface area (Å²) in [6, 6.07) is 1.30. The fourth-order valence-corrected chi connectivity index (χ4v) is 2.64. The molecule has 3 aliphatic rings. The minimum Gasteiger partial charge on any atom is -0.337 e. The van der Waals surface area contributed by atoms with Crippen molar-refractivity contribution in [2.75, 3.05) is 13.1 Å². The molecule has 0 atom stereocenters. The number of nitrogens with one attached hydrogen (secondary N) is 1. The Morgan fingerprint density at radius 2 is 2.00 bits per heavy atom. The predicted molar refractivity (Wildman–Crippen MR) is 69.6 cm³/mol. The van der Waals surface area contributed by atoms with E-state index in [1.54, 1.807) is 4.90 Å². The third-order valence-electron chi connectivity index (χ3n) is 4.18. The average Bonchev–Trinajstić information content (AvgIpc) is 3.34. The fourth-order valence-electron chi connectivity index (χ4n) is 2.64. The average molecular weight is 273 g/mol. The molecule has 0 radical (unpaired) electrons. The maximum Gasteiger partial charge on any atom is 0.272 e. The molecule has 1 aliphatic carbocycles. The molecule has 4 rings (SSSR count). The molecular weight excluding hydrogens is 258 g/mol. The molecule has 20 heavy (non-hydrogen) atoms. The van der Waals surface area contributed by atoms with E-state index in [0.717, 1.165) is 25.7 Å². The van der Waals surface area contributed by atoms with Crippen LogP contribution in [0.5, 0.6) is 0 Å². The van der Waals surface area contributed by atoms with Crippen molar-refractivity contribution in [1.29, 1.82) is 0 Å². The zero-order valence-corrected chi connectivity index (χ0v) is 11.0. The third kappa shape index (κ3) is 2.03. The van der Waals surface area contributed by atoms with E-state index in [9.17, 15) is 9.59 Å². The monoisotopic (exact) mass is 273 g/mol. The van der Waals surface area contributed by atoms with Gasteiger partial charge in [-0.2, -0.15) is 10.2 Å². The SMILES string of the molecule is O=C(c1cc(=O)[nH]c(C2CC2)n1)N1CCC2(CC1)N=N2. The number of likely N-dealkylation sites (tertiary alicyclic amines) is 1. The summed E-state index contributed by atoms with van der Waals surface area (Å²) >= 11 is 0. The van der Waals surface area contributed by atoms with E-state index in [0.29, 0.717) is 24.8 Å². The van der Waals surface area contributed by atoms with Gasteiger partial charge >= 0.3 is 0 Å². The van der Waals surface area contributed by atoms with Crippen LogP contribution in [0.4, 0.5) is 0 Å². The number of carbonyl (C=O) groups is 1. The van der Waals surface area contributed by atoms with Crippen LogP contribution in [0.25, 0.3) is 0 Å². The highest BCUT2D eigenvalue weighted by atomic mass is 16.2. The van der Waals surface area contributed by atoms with Gasteiger partial charge in [-0.15, -0.1) is 0 Å². The number of rotatable bonds is 2. The molecule has 0 unspecified atom stereocenters. The van der Waals surface area contributed by atoms with E-state index < -0.39 is 0 Å². The second-order valence-electron chi connectivity index (χ2n) is 5.76. The normalized spacial score (nSPS) is 23.1. The van der Waals surface area contributed by atoms with Crippen molar-refractivity contribution < 1.29 is 4.79 Å². The molecule has 0 aromatic carbocycles. The zero-order valence-electron chi connectivity index (χ0n) is 11.0. The lowest BCUT2D eigenvalue weighted by molar-refractivity contribution is 0.0695. The highest BCUT2D eigenvalue weighted by Crippen LogP contribution is 2.39. The van der Waals surface area contributed by atoms with Crippen molar-refractivity contribution >= 4 is 5.91 Å². The van der Waals surface area contributed by atoms with E-state index in [1.165, 1.54) is 6.07 Å². The highest BCUT2D eigenvalue weighted by Gasteiger charge is 2.44. The van der Waals surface area contributed by atoms with Crippen molar-refractivity contribution in [1.82, 2.24) is 14.9 Å². The van der Waals surface area contributed by atoms with Crippen molar-refractivity contribution in [3.63, 3.8) is 0 Å². The van der Waals surface area contributed by atoms with Crippen LogP contribution >= 0.6 is 0 Å². The summed E-state index contributed by atoms with van der Waals surface area (Å²) in [5.74, 6) is 0.819. The first-order valence-corrected chi connectivity index (χ1v) is 7.00. The van der Waals surface area contributed by atoms with Crippen LogP contribution in [0.15, 0.2) is 21.1 Å². The summed E-state index contributed by atoms with van der Waals surface area (Å²) in [5.41, 5.74) is -0.181. The lowest BCUT2D eigenvalue weighted by Crippen LogP contribution is -2.42. The van der Waals surface area contributed by atoms with Crippen LogP contribution < -0.4 is 5.56 Å².